The Morgan fingerprint density at radius 3 is 2.61 bits per heavy atom. The van der Waals surface area contributed by atoms with Crippen LogP contribution in [0.3, 0.4) is 0 Å². The largest absolute Gasteiger partial charge is 0.495 e. The molecule has 18 heavy (non-hydrogen) atoms. The van der Waals surface area contributed by atoms with E-state index in [1.807, 2.05) is 19.2 Å². The zero-order chi connectivity index (χ0) is 13.3. The van der Waals surface area contributed by atoms with Crippen LogP contribution in [0.15, 0.2) is 18.3 Å². The fourth-order valence-corrected chi connectivity index (χ4v) is 2.19. The highest BCUT2D eigenvalue weighted by Gasteiger charge is 2.14. The molecular weight excluding hydrogens is 250 g/mol. The Morgan fingerprint density at radius 1 is 1.39 bits per heavy atom. The van der Waals surface area contributed by atoms with Crippen LogP contribution in [0, 0.1) is 0 Å². The Hall–Kier alpha value is -1.68. The molecule has 96 valence electrons. The average molecular weight is 266 g/mol. The number of ether oxygens (including phenoxy) is 1. The Labute approximate surface area is 111 Å². The minimum Gasteiger partial charge on any atom is -0.495 e. The maximum Gasteiger partial charge on any atom is 0.137 e. The molecule has 0 aliphatic carbocycles. The Morgan fingerprint density at radius 2 is 2.11 bits per heavy atom. The molecule has 5 heteroatoms. The molecular formula is C13H16ClN3O. The molecule has 0 fully saturated rings. The number of hydrogen-bond acceptors (Lipinski definition) is 3. The molecule has 0 amide bonds. The highest BCUT2D eigenvalue weighted by atomic mass is 35.5. The number of hydrogen-bond donors (Lipinski definition) is 1. The predicted molar refractivity (Wildman–Crippen MR) is 74.0 cm³/mol. The molecule has 1 heterocycles. The standard InChI is InChI=1S/C13H16ClN3O/c1-4-8-5-12(18-3)11(14)6-9(8)10-7-16-17(2)13(10)15/h5-7H,4,15H2,1-3H3. The van der Waals surface area contributed by atoms with E-state index in [9.17, 15) is 0 Å². The summed E-state index contributed by atoms with van der Waals surface area (Å²) in [5, 5.41) is 4.73. The van der Waals surface area contributed by atoms with Crippen molar-refractivity contribution < 1.29 is 4.74 Å². The van der Waals surface area contributed by atoms with Crippen LogP contribution in [0.5, 0.6) is 5.75 Å². The number of halogens is 1. The van der Waals surface area contributed by atoms with E-state index < -0.39 is 0 Å². The van der Waals surface area contributed by atoms with Gasteiger partial charge >= 0.3 is 0 Å². The fraction of sp³-hybridized carbons (Fsp3) is 0.308. The van der Waals surface area contributed by atoms with Crippen molar-refractivity contribution in [2.24, 2.45) is 7.05 Å². The first-order valence-corrected chi connectivity index (χ1v) is 6.10. The number of aromatic nitrogens is 2. The smallest absolute Gasteiger partial charge is 0.137 e. The van der Waals surface area contributed by atoms with Crippen molar-refractivity contribution in [1.82, 2.24) is 9.78 Å². The quantitative estimate of drug-likeness (QED) is 0.928. The molecule has 1 aromatic carbocycles. The number of anilines is 1. The minimum absolute atomic E-state index is 0.577. The van der Waals surface area contributed by atoms with Crippen LogP contribution in [0.2, 0.25) is 5.02 Å². The third kappa shape index (κ3) is 2.04. The van der Waals surface area contributed by atoms with Crippen molar-refractivity contribution in [3.05, 3.63) is 28.9 Å². The number of rotatable bonds is 3. The van der Waals surface area contributed by atoms with Gasteiger partial charge in [0.2, 0.25) is 0 Å². The summed E-state index contributed by atoms with van der Waals surface area (Å²) in [6, 6.07) is 3.83. The van der Waals surface area contributed by atoms with Crippen molar-refractivity contribution in [3.8, 4) is 16.9 Å². The normalized spacial score (nSPS) is 10.7. The predicted octanol–water partition coefficient (Wildman–Crippen LogP) is 2.89. The number of benzene rings is 1. The summed E-state index contributed by atoms with van der Waals surface area (Å²) in [6.45, 7) is 2.08. The Kier molecular flexibility index (Phi) is 3.48. The lowest BCUT2D eigenvalue weighted by molar-refractivity contribution is 0.414. The van der Waals surface area contributed by atoms with Gasteiger partial charge in [-0.2, -0.15) is 5.10 Å². The molecule has 0 radical (unpaired) electrons. The summed E-state index contributed by atoms with van der Waals surface area (Å²) in [6.07, 6.45) is 2.63. The zero-order valence-electron chi connectivity index (χ0n) is 10.7. The van der Waals surface area contributed by atoms with Gasteiger partial charge in [0.25, 0.3) is 0 Å². The summed E-state index contributed by atoms with van der Waals surface area (Å²) in [7, 11) is 3.42. The van der Waals surface area contributed by atoms with Gasteiger partial charge in [-0.25, -0.2) is 0 Å². The number of nitrogen functional groups attached to an aromatic ring is 1. The fourth-order valence-electron chi connectivity index (χ4n) is 1.95. The third-order valence-corrected chi connectivity index (χ3v) is 3.33. The van der Waals surface area contributed by atoms with Crippen LogP contribution in [0.4, 0.5) is 5.82 Å². The Bertz CT molecular complexity index is 578. The molecule has 0 unspecified atom stereocenters. The molecule has 1 aromatic heterocycles. The molecule has 0 aliphatic rings. The van der Waals surface area contributed by atoms with E-state index in [2.05, 4.69) is 12.0 Å². The first-order chi connectivity index (χ1) is 8.58. The molecule has 2 aromatic rings. The van der Waals surface area contributed by atoms with E-state index in [0.29, 0.717) is 16.6 Å². The highest BCUT2D eigenvalue weighted by Crippen LogP contribution is 2.36. The van der Waals surface area contributed by atoms with Crippen LogP contribution >= 0.6 is 11.6 Å². The number of methoxy groups -OCH3 is 1. The van der Waals surface area contributed by atoms with E-state index in [1.165, 1.54) is 0 Å². The summed E-state index contributed by atoms with van der Waals surface area (Å²) < 4.78 is 6.88. The van der Waals surface area contributed by atoms with E-state index in [-0.39, 0.29) is 0 Å². The van der Waals surface area contributed by atoms with Gasteiger partial charge in [-0.05, 0) is 29.7 Å². The van der Waals surface area contributed by atoms with Gasteiger partial charge in [0.15, 0.2) is 0 Å². The van der Waals surface area contributed by atoms with Gasteiger partial charge in [-0.3, -0.25) is 4.68 Å². The summed E-state index contributed by atoms with van der Waals surface area (Å²) in [5.74, 6) is 1.31. The van der Waals surface area contributed by atoms with Crippen molar-refractivity contribution in [3.63, 3.8) is 0 Å². The van der Waals surface area contributed by atoms with E-state index >= 15 is 0 Å². The molecule has 4 nitrogen and oxygen atoms in total. The number of nitrogens with zero attached hydrogens (tertiary/aromatic N) is 2. The third-order valence-electron chi connectivity index (χ3n) is 3.03. The maximum atomic E-state index is 6.17. The van der Waals surface area contributed by atoms with Crippen molar-refractivity contribution in [2.45, 2.75) is 13.3 Å². The molecule has 2 rings (SSSR count). The molecule has 2 N–H and O–H groups in total. The average Bonchev–Trinajstić information content (AvgIpc) is 2.70. The summed E-state index contributed by atoms with van der Waals surface area (Å²) in [4.78, 5) is 0. The van der Waals surface area contributed by atoms with Crippen LogP contribution in [0.25, 0.3) is 11.1 Å². The van der Waals surface area contributed by atoms with Gasteiger partial charge in [-0.1, -0.05) is 18.5 Å². The van der Waals surface area contributed by atoms with Gasteiger partial charge in [0.05, 0.1) is 18.3 Å². The Balaban J connectivity index is 2.63. The SMILES string of the molecule is CCc1cc(OC)c(Cl)cc1-c1cnn(C)c1N. The van der Waals surface area contributed by atoms with Crippen molar-refractivity contribution >= 4 is 17.4 Å². The monoisotopic (exact) mass is 265 g/mol. The van der Waals surface area contributed by atoms with Crippen LogP contribution in [-0.2, 0) is 13.5 Å². The number of nitrogens with two attached hydrogens (primary N) is 1. The molecule has 0 bridgehead atoms. The second-order valence-corrected chi connectivity index (χ2v) is 4.47. The van der Waals surface area contributed by atoms with E-state index in [0.717, 1.165) is 23.1 Å². The summed E-state index contributed by atoms with van der Waals surface area (Å²) in [5.41, 5.74) is 9.05. The molecule has 0 aliphatic heterocycles. The lowest BCUT2D eigenvalue weighted by Gasteiger charge is -2.11. The molecule has 0 atom stereocenters. The zero-order valence-corrected chi connectivity index (χ0v) is 11.5. The van der Waals surface area contributed by atoms with Crippen molar-refractivity contribution in [2.75, 3.05) is 12.8 Å². The first kappa shape index (κ1) is 12.8. The van der Waals surface area contributed by atoms with Gasteiger partial charge in [-0.15, -0.1) is 0 Å². The molecule has 0 saturated carbocycles. The minimum atomic E-state index is 0.577. The van der Waals surface area contributed by atoms with E-state index in [4.69, 9.17) is 22.1 Å². The summed E-state index contributed by atoms with van der Waals surface area (Å²) >= 11 is 6.17. The molecule has 0 spiro atoms. The van der Waals surface area contributed by atoms with Gasteiger partial charge in [0, 0.05) is 12.6 Å². The second kappa shape index (κ2) is 4.90. The van der Waals surface area contributed by atoms with Crippen LogP contribution in [0.1, 0.15) is 12.5 Å². The highest BCUT2D eigenvalue weighted by molar-refractivity contribution is 6.32. The number of aryl methyl sites for hydroxylation is 2. The van der Waals surface area contributed by atoms with Crippen molar-refractivity contribution in [1.29, 1.82) is 0 Å². The lowest BCUT2D eigenvalue weighted by atomic mass is 9.99. The van der Waals surface area contributed by atoms with Crippen LogP contribution in [-0.4, -0.2) is 16.9 Å². The second-order valence-electron chi connectivity index (χ2n) is 4.06. The maximum absolute atomic E-state index is 6.17. The van der Waals surface area contributed by atoms with Crippen LogP contribution < -0.4 is 10.5 Å². The van der Waals surface area contributed by atoms with E-state index in [1.54, 1.807) is 18.0 Å². The molecule has 0 saturated heterocycles. The van der Waals surface area contributed by atoms with Gasteiger partial charge in [0.1, 0.15) is 11.6 Å². The van der Waals surface area contributed by atoms with Gasteiger partial charge < -0.3 is 10.5 Å². The lowest BCUT2D eigenvalue weighted by Crippen LogP contribution is -1.99. The first-order valence-electron chi connectivity index (χ1n) is 5.72. The topological polar surface area (TPSA) is 53.1 Å².